The van der Waals surface area contributed by atoms with Crippen LogP contribution in [0.15, 0.2) is 34.9 Å². The number of para-hydroxylation sites is 1. The highest BCUT2D eigenvalue weighted by atomic mass is 16.3. The van der Waals surface area contributed by atoms with Crippen LogP contribution in [0.1, 0.15) is 10.4 Å². The Morgan fingerprint density at radius 1 is 1.21 bits per heavy atom. The first-order chi connectivity index (χ1) is 9.33. The second kappa shape index (κ2) is 4.10. The fourth-order valence-corrected chi connectivity index (χ4v) is 3.33. The molecule has 1 amide bonds. The summed E-state index contributed by atoms with van der Waals surface area (Å²) < 4.78 is 5.46. The van der Waals surface area contributed by atoms with E-state index in [9.17, 15) is 4.79 Å². The van der Waals surface area contributed by atoms with E-state index in [0.717, 1.165) is 37.1 Å². The summed E-state index contributed by atoms with van der Waals surface area (Å²) in [7, 11) is 0. The molecule has 1 N–H and O–H groups in total. The van der Waals surface area contributed by atoms with Crippen LogP contribution in [0.25, 0.3) is 11.0 Å². The summed E-state index contributed by atoms with van der Waals surface area (Å²) in [6.45, 7) is 3.83. The zero-order valence-electron chi connectivity index (χ0n) is 10.6. The van der Waals surface area contributed by atoms with Crippen molar-refractivity contribution in [1.82, 2.24) is 10.2 Å². The molecular formula is C15H16N2O2. The number of furan rings is 1. The lowest BCUT2D eigenvalue weighted by Gasteiger charge is -2.16. The van der Waals surface area contributed by atoms with Gasteiger partial charge in [-0.2, -0.15) is 0 Å². The van der Waals surface area contributed by atoms with Gasteiger partial charge in [-0.25, -0.2) is 0 Å². The highest BCUT2D eigenvalue weighted by Crippen LogP contribution is 2.29. The van der Waals surface area contributed by atoms with Gasteiger partial charge in [0.2, 0.25) is 0 Å². The van der Waals surface area contributed by atoms with Gasteiger partial charge in [-0.15, -0.1) is 0 Å². The second-order valence-corrected chi connectivity index (χ2v) is 5.53. The third kappa shape index (κ3) is 1.67. The summed E-state index contributed by atoms with van der Waals surface area (Å²) in [5.74, 6) is 1.36. The molecule has 0 bridgehead atoms. The number of nitrogens with one attached hydrogen (secondary N) is 1. The third-order valence-corrected chi connectivity index (χ3v) is 4.39. The van der Waals surface area contributed by atoms with E-state index < -0.39 is 0 Å². The van der Waals surface area contributed by atoms with E-state index >= 15 is 0 Å². The van der Waals surface area contributed by atoms with Crippen molar-refractivity contribution in [2.24, 2.45) is 11.8 Å². The number of fused-ring (bicyclic) bond motifs is 2. The van der Waals surface area contributed by atoms with Gasteiger partial charge < -0.3 is 14.6 Å². The van der Waals surface area contributed by atoms with E-state index in [-0.39, 0.29) is 5.91 Å². The number of rotatable bonds is 1. The third-order valence-electron chi connectivity index (χ3n) is 4.39. The monoisotopic (exact) mass is 256 g/mol. The van der Waals surface area contributed by atoms with Crippen LogP contribution in [0.3, 0.4) is 0 Å². The maximum Gasteiger partial charge on any atom is 0.257 e. The van der Waals surface area contributed by atoms with Crippen LogP contribution in [-0.4, -0.2) is 37.0 Å². The van der Waals surface area contributed by atoms with Crippen molar-refractivity contribution in [2.45, 2.75) is 0 Å². The largest absolute Gasteiger partial charge is 0.463 e. The van der Waals surface area contributed by atoms with Crippen LogP contribution in [0, 0.1) is 11.8 Å². The summed E-state index contributed by atoms with van der Waals surface area (Å²) in [5.41, 5.74) is 1.48. The first-order valence-corrected chi connectivity index (χ1v) is 6.79. The minimum absolute atomic E-state index is 0.111. The summed E-state index contributed by atoms with van der Waals surface area (Å²) in [5, 5.41) is 4.31. The molecule has 2 atom stereocenters. The molecule has 4 heteroatoms. The average Bonchev–Trinajstić information content (AvgIpc) is 3.11. The number of hydrogen-bond acceptors (Lipinski definition) is 3. The van der Waals surface area contributed by atoms with Gasteiger partial charge in [0.05, 0.1) is 5.56 Å². The SMILES string of the molecule is O=C(c1coc2ccccc12)N1CC2CNCC2C1. The van der Waals surface area contributed by atoms with Gasteiger partial charge in [0.15, 0.2) is 0 Å². The van der Waals surface area contributed by atoms with E-state index in [0.29, 0.717) is 17.4 Å². The van der Waals surface area contributed by atoms with Crippen molar-refractivity contribution in [3.63, 3.8) is 0 Å². The molecule has 2 aliphatic heterocycles. The summed E-state index contributed by atoms with van der Waals surface area (Å²) in [6.07, 6.45) is 1.60. The minimum Gasteiger partial charge on any atom is -0.463 e. The van der Waals surface area contributed by atoms with Gasteiger partial charge in [0.25, 0.3) is 5.91 Å². The molecule has 0 saturated carbocycles. The topological polar surface area (TPSA) is 45.5 Å². The molecule has 0 aliphatic carbocycles. The Hall–Kier alpha value is -1.81. The van der Waals surface area contributed by atoms with Crippen molar-refractivity contribution in [3.8, 4) is 0 Å². The van der Waals surface area contributed by atoms with E-state index in [4.69, 9.17) is 4.42 Å². The van der Waals surface area contributed by atoms with Gasteiger partial charge in [-0.3, -0.25) is 4.79 Å². The quantitative estimate of drug-likeness (QED) is 0.845. The summed E-state index contributed by atoms with van der Waals surface area (Å²) in [4.78, 5) is 14.6. The first kappa shape index (κ1) is 11.1. The number of amides is 1. The Bertz CT molecular complexity index is 622. The summed E-state index contributed by atoms with van der Waals surface area (Å²) in [6, 6.07) is 7.71. The highest BCUT2D eigenvalue weighted by molar-refractivity contribution is 6.06. The van der Waals surface area contributed by atoms with Crippen LogP contribution < -0.4 is 5.32 Å². The van der Waals surface area contributed by atoms with Gasteiger partial charge in [0, 0.05) is 31.6 Å². The Balaban J connectivity index is 1.64. The Labute approximate surface area is 111 Å². The van der Waals surface area contributed by atoms with Crippen LogP contribution in [0.2, 0.25) is 0 Å². The van der Waals surface area contributed by atoms with Crippen LogP contribution in [-0.2, 0) is 0 Å². The molecule has 1 aromatic heterocycles. The Morgan fingerprint density at radius 2 is 1.95 bits per heavy atom. The smallest absolute Gasteiger partial charge is 0.257 e. The Morgan fingerprint density at radius 3 is 2.74 bits per heavy atom. The van der Waals surface area contributed by atoms with Crippen molar-refractivity contribution in [1.29, 1.82) is 0 Å². The number of likely N-dealkylation sites (tertiary alicyclic amines) is 1. The number of nitrogens with zero attached hydrogens (tertiary/aromatic N) is 1. The molecule has 4 rings (SSSR count). The van der Waals surface area contributed by atoms with Crippen molar-refractivity contribution >= 4 is 16.9 Å². The molecular weight excluding hydrogens is 240 g/mol. The van der Waals surface area contributed by atoms with Gasteiger partial charge >= 0.3 is 0 Å². The highest BCUT2D eigenvalue weighted by Gasteiger charge is 2.38. The number of carbonyl (C=O) groups is 1. The molecule has 2 aromatic rings. The lowest BCUT2D eigenvalue weighted by molar-refractivity contribution is 0.0782. The van der Waals surface area contributed by atoms with Crippen molar-refractivity contribution in [2.75, 3.05) is 26.2 Å². The van der Waals surface area contributed by atoms with E-state index in [1.165, 1.54) is 0 Å². The van der Waals surface area contributed by atoms with E-state index in [1.54, 1.807) is 6.26 Å². The summed E-state index contributed by atoms with van der Waals surface area (Å²) >= 11 is 0. The molecule has 4 nitrogen and oxygen atoms in total. The van der Waals surface area contributed by atoms with Gasteiger partial charge in [-0.05, 0) is 17.9 Å². The molecule has 2 saturated heterocycles. The van der Waals surface area contributed by atoms with Crippen molar-refractivity contribution in [3.05, 3.63) is 36.1 Å². The minimum atomic E-state index is 0.111. The normalized spacial score (nSPS) is 26.0. The average molecular weight is 256 g/mol. The molecule has 0 spiro atoms. The molecule has 19 heavy (non-hydrogen) atoms. The predicted octanol–water partition coefficient (Wildman–Crippen LogP) is 1.72. The fourth-order valence-electron chi connectivity index (χ4n) is 3.33. The Kier molecular flexibility index (Phi) is 2.38. The zero-order chi connectivity index (χ0) is 12.8. The molecule has 1 aromatic carbocycles. The number of carbonyl (C=O) groups excluding carboxylic acids is 1. The van der Waals surface area contributed by atoms with Crippen molar-refractivity contribution < 1.29 is 9.21 Å². The van der Waals surface area contributed by atoms with Crippen LogP contribution >= 0.6 is 0 Å². The fraction of sp³-hybridized carbons (Fsp3) is 0.400. The predicted molar refractivity (Wildman–Crippen MR) is 72.0 cm³/mol. The van der Waals surface area contributed by atoms with Crippen LogP contribution in [0.5, 0.6) is 0 Å². The lowest BCUT2D eigenvalue weighted by atomic mass is 10.0. The second-order valence-electron chi connectivity index (χ2n) is 5.53. The molecule has 3 heterocycles. The van der Waals surface area contributed by atoms with Gasteiger partial charge in [0.1, 0.15) is 11.8 Å². The maximum atomic E-state index is 12.6. The molecule has 0 radical (unpaired) electrons. The first-order valence-electron chi connectivity index (χ1n) is 6.79. The van der Waals surface area contributed by atoms with E-state index in [2.05, 4.69) is 5.32 Å². The van der Waals surface area contributed by atoms with E-state index in [1.807, 2.05) is 29.2 Å². The number of benzene rings is 1. The van der Waals surface area contributed by atoms with Gasteiger partial charge in [-0.1, -0.05) is 18.2 Å². The zero-order valence-corrected chi connectivity index (χ0v) is 10.6. The molecule has 2 fully saturated rings. The molecule has 2 aliphatic rings. The lowest BCUT2D eigenvalue weighted by Crippen LogP contribution is -2.31. The molecule has 98 valence electrons. The molecule has 2 unspecified atom stereocenters. The number of hydrogen-bond donors (Lipinski definition) is 1. The van der Waals surface area contributed by atoms with Crippen LogP contribution in [0.4, 0.5) is 0 Å². The standard InChI is InChI=1S/C15H16N2O2/c18-15(17-7-10-5-16-6-11(10)8-17)13-9-19-14-4-2-1-3-12(13)14/h1-4,9-11,16H,5-8H2. The maximum absolute atomic E-state index is 12.6.